The molecule has 6 nitrogen and oxygen atoms in total. The molecule has 0 aliphatic rings. The van der Waals surface area contributed by atoms with Crippen molar-refractivity contribution < 1.29 is 9.90 Å². The number of amides is 1. The number of aromatic hydroxyl groups is 1. The van der Waals surface area contributed by atoms with E-state index in [-0.39, 0.29) is 21.7 Å². The van der Waals surface area contributed by atoms with Gasteiger partial charge in [-0.15, -0.1) is 11.3 Å². The average Bonchev–Trinajstić information content (AvgIpc) is 3.27. The number of phenolic OH excluding ortho intramolecular Hbond substituents is 1. The van der Waals surface area contributed by atoms with Crippen molar-refractivity contribution in [3.8, 4) is 17.0 Å². The van der Waals surface area contributed by atoms with Crippen molar-refractivity contribution >= 4 is 57.5 Å². The summed E-state index contributed by atoms with van der Waals surface area (Å²) in [6.07, 6.45) is 1.39. The van der Waals surface area contributed by atoms with E-state index in [1.165, 1.54) is 35.2 Å². The van der Waals surface area contributed by atoms with Crippen LogP contribution >= 0.6 is 34.5 Å². The normalized spacial score (nSPS) is 11.0. The maximum Gasteiger partial charge on any atom is 0.271 e. The van der Waals surface area contributed by atoms with Crippen molar-refractivity contribution in [3.05, 3.63) is 92.8 Å². The van der Waals surface area contributed by atoms with Gasteiger partial charge in [0, 0.05) is 22.2 Å². The number of hydrazone groups is 1. The Hall–Kier alpha value is -3.39. The molecule has 0 spiro atoms. The van der Waals surface area contributed by atoms with Gasteiger partial charge < -0.3 is 10.4 Å². The molecule has 33 heavy (non-hydrogen) atoms. The summed E-state index contributed by atoms with van der Waals surface area (Å²) < 4.78 is 0. The number of anilines is 2. The molecule has 3 N–H and O–H groups in total. The highest BCUT2D eigenvalue weighted by Gasteiger charge is 2.09. The van der Waals surface area contributed by atoms with E-state index in [2.05, 4.69) is 20.8 Å². The van der Waals surface area contributed by atoms with Crippen molar-refractivity contribution in [1.82, 2.24) is 10.4 Å². The van der Waals surface area contributed by atoms with Gasteiger partial charge in [-0.25, -0.2) is 10.4 Å². The van der Waals surface area contributed by atoms with E-state index in [9.17, 15) is 9.90 Å². The number of nitrogens with one attached hydrogen (secondary N) is 2. The fraction of sp³-hybridized carbons (Fsp3) is 0.0417. The van der Waals surface area contributed by atoms with E-state index in [0.29, 0.717) is 11.1 Å². The molecule has 0 bridgehead atoms. The van der Waals surface area contributed by atoms with Gasteiger partial charge in [0.2, 0.25) is 0 Å². The maximum absolute atomic E-state index is 12.4. The summed E-state index contributed by atoms with van der Waals surface area (Å²) in [5.41, 5.74) is 7.34. The quantitative estimate of drug-likeness (QED) is 0.206. The highest BCUT2D eigenvalue weighted by atomic mass is 35.5. The monoisotopic (exact) mass is 496 g/mol. The van der Waals surface area contributed by atoms with E-state index >= 15 is 0 Å². The number of aromatic nitrogens is 1. The zero-order valence-electron chi connectivity index (χ0n) is 17.3. The summed E-state index contributed by atoms with van der Waals surface area (Å²) in [4.78, 5) is 17.0. The van der Waals surface area contributed by atoms with Gasteiger partial charge in [-0.1, -0.05) is 53.0 Å². The van der Waals surface area contributed by atoms with Gasteiger partial charge in [-0.05, 0) is 48.9 Å². The Morgan fingerprint density at radius 1 is 1.06 bits per heavy atom. The lowest BCUT2D eigenvalue weighted by atomic mass is 10.1. The van der Waals surface area contributed by atoms with Crippen LogP contribution in [0, 0.1) is 6.92 Å². The largest absolute Gasteiger partial charge is 0.505 e. The summed E-state index contributed by atoms with van der Waals surface area (Å²) in [6, 6.07) is 18.2. The zero-order valence-corrected chi connectivity index (χ0v) is 19.7. The number of aryl methyl sites for hydroxylation is 1. The van der Waals surface area contributed by atoms with Gasteiger partial charge in [-0.3, -0.25) is 4.79 Å². The Kier molecular flexibility index (Phi) is 6.93. The van der Waals surface area contributed by atoms with E-state index in [1.54, 1.807) is 12.1 Å². The Morgan fingerprint density at radius 2 is 1.73 bits per heavy atom. The van der Waals surface area contributed by atoms with Crippen LogP contribution < -0.4 is 10.7 Å². The molecule has 3 aromatic carbocycles. The fourth-order valence-corrected chi connectivity index (χ4v) is 4.15. The lowest BCUT2D eigenvalue weighted by Gasteiger charge is -2.03. The second kappa shape index (κ2) is 10.0. The molecule has 0 fully saturated rings. The smallest absolute Gasteiger partial charge is 0.271 e. The second-order valence-electron chi connectivity index (χ2n) is 7.14. The number of hydrogen-bond acceptors (Lipinski definition) is 6. The Balaban J connectivity index is 1.38. The second-order valence-corrected chi connectivity index (χ2v) is 8.81. The summed E-state index contributed by atoms with van der Waals surface area (Å²) in [5.74, 6) is -0.563. The molecule has 0 aliphatic carbocycles. The minimum Gasteiger partial charge on any atom is -0.505 e. The molecular weight excluding hydrogens is 479 g/mol. The van der Waals surface area contributed by atoms with Crippen LogP contribution in [0.3, 0.4) is 0 Å². The highest BCUT2D eigenvalue weighted by molar-refractivity contribution is 7.14. The van der Waals surface area contributed by atoms with E-state index in [0.717, 1.165) is 22.1 Å². The first-order valence-electron chi connectivity index (χ1n) is 9.80. The predicted molar refractivity (Wildman–Crippen MR) is 135 cm³/mol. The number of phenols is 1. The molecule has 0 aliphatic heterocycles. The third-order valence-corrected chi connectivity index (χ3v) is 6.00. The lowest BCUT2D eigenvalue weighted by Crippen LogP contribution is -2.17. The van der Waals surface area contributed by atoms with Crippen molar-refractivity contribution in [1.29, 1.82) is 0 Å². The van der Waals surface area contributed by atoms with Crippen LogP contribution in [0.4, 0.5) is 10.8 Å². The van der Waals surface area contributed by atoms with E-state index < -0.39 is 0 Å². The van der Waals surface area contributed by atoms with Crippen LogP contribution in [0.2, 0.25) is 10.0 Å². The third kappa shape index (κ3) is 5.70. The third-order valence-electron chi connectivity index (χ3n) is 4.67. The van der Waals surface area contributed by atoms with Crippen molar-refractivity contribution in [2.24, 2.45) is 5.10 Å². The predicted octanol–water partition coefficient (Wildman–Crippen LogP) is 6.64. The number of hydrogen-bond donors (Lipinski definition) is 3. The minimum absolute atomic E-state index is 0.102. The number of benzene rings is 3. The number of carbonyl (C=O) groups is 1. The van der Waals surface area contributed by atoms with Gasteiger partial charge >= 0.3 is 0 Å². The first kappa shape index (κ1) is 22.8. The summed E-state index contributed by atoms with van der Waals surface area (Å²) in [7, 11) is 0. The molecule has 166 valence electrons. The van der Waals surface area contributed by atoms with Crippen molar-refractivity contribution in [3.63, 3.8) is 0 Å². The van der Waals surface area contributed by atoms with E-state index in [4.69, 9.17) is 23.2 Å². The molecule has 0 saturated carbocycles. The molecule has 1 amide bonds. The number of rotatable bonds is 6. The number of nitrogens with zero attached hydrogens (tertiary/aromatic N) is 2. The molecule has 1 aromatic heterocycles. The fourth-order valence-electron chi connectivity index (χ4n) is 2.91. The lowest BCUT2D eigenvalue weighted by molar-refractivity contribution is 0.0955. The Morgan fingerprint density at radius 3 is 2.39 bits per heavy atom. The number of halogens is 2. The standard InChI is InChI=1S/C24H18Cl2N4O2S/c1-14-2-8-18(9-3-14)28-24-29-21(13-33-24)16-4-6-17(7-5-16)23(32)30-27-12-15-10-19(25)22(31)20(26)11-15/h2-13,31H,1H3,(H,28,29)(H,30,32)/b27-12-. The molecule has 9 heteroatoms. The van der Waals surface area contributed by atoms with Gasteiger partial charge in [0.05, 0.1) is 22.0 Å². The van der Waals surface area contributed by atoms with E-state index in [1.807, 2.05) is 48.7 Å². The molecule has 4 rings (SSSR count). The molecular formula is C24H18Cl2N4O2S. The number of thiazole rings is 1. The van der Waals surface area contributed by atoms with Crippen molar-refractivity contribution in [2.45, 2.75) is 6.92 Å². The van der Waals surface area contributed by atoms with Gasteiger partial charge in [0.15, 0.2) is 10.9 Å². The first-order valence-corrected chi connectivity index (χ1v) is 11.4. The molecule has 0 unspecified atom stereocenters. The van der Waals surface area contributed by atoms with Gasteiger partial charge in [0.1, 0.15) is 0 Å². The molecule has 4 aromatic rings. The van der Waals surface area contributed by atoms with Gasteiger partial charge in [0.25, 0.3) is 5.91 Å². The SMILES string of the molecule is Cc1ccc(Nc2nc(-c3ccc(C(=O)N/N=C\c4cc(Cl)c(O)c(Cl)c4)cc3)cs2)cc1. The Bertz CT molecular complexity index is 1300. The highest BCUT2D eigenvalue weighted by Crippen LogP contribution is 2.32. The molecule has 0 atom stereocenters. The van der Waals surface area contributed by atoms with Crippen LogP contribution in [-0.2, 0) is 0 Å². The minimum atomic E-state index is -0.367. The summed E-state index contributed by atoms with van der Waals surface area (Å²) in [5, 5.41) is 19.8. The molecule has 0 saturated heterocycles. The number of carbonyl (C=O) groups excluding carboxylic acids is 1. The van der Waals surface area contributed by atoms with Crippen LogP contribution in [0.5, 0.6) is 5.75 Å². The summed E-state index contributed by atoms with van der Waals surface area (Å²) >= 11 is 13.3. The Labute approximate surface area is 204 Å². The van der Waals surface area contributed by atoms with Crippen LogP contribution in [-0.4, -0.2) is 22.2 Å². The van der Waals surface area contributed by atoms with Gasteiger partial charge in [-0.2, -0.15) is 5.10 Å². The van der Waals surface area contributed by atoms with Crippen molar-refractivity contribution in [2.75, 3.05) is 5.32 Å². The first-order chi connectivity index (χ1) is 15.9. The average molecular weight is 497 g/mol. The molecule has 1 heterocycles. The van der Waals surface area contributed by atoms with Crippen LogP contribution in [0.1, 0.15) is 21.5 Å². The maximum atomic E-state index is 12.4. The molecule has 0 radical (unpaired) electrons. The van der Waals surface area contributed by atoms with Crippen LogP contribution in [0.15, 0.2) is 71.1 Å². The zero-order chi connectivity index (χ0) is 23.4. The summed E-state index contributed by atoms with van der Waals surface area (Å²) in [6.45, 7) is 2.04. The topological polar surface area (TPSA) is 86.6 Å². The van der Waals surface area contributed by atoms with Crippen LogP contribution in [0.25, 0.3) is 11.3 Å².